The first-order chi connectivity index (χ1) is 7.68. The van der Waals surface area contributed by atoms with E-state index in [2.05, 4.69) is 15.1 Å². The van der Waals surface area contributed by atoms with Gasteiger partial charge in [-0.15, -0.1) is 5.10 Å². The number of anilines is 1. The lowest BCUT2D eigenvalue weighted by Crippen LogP contribution is -2.44. The highest BCUT2D eigenvalue weighted by Crippen LogP contribution is 2.23. The topological polar surface area (TPSA) is 46.1 Å². The van der Waals surface area contributed by atoms with Crippen LogP contribution in [0.4, 0.5) is 5.82 Å². The number of carbonyl (C=O) groups is 1. The Morgan fingerprint density at radius 2 is 2.19 bits per heavy atom. The van der Waals surface area contributed by atoms with Crippen molar-refractivity contribution in [2.24, 2.45) is 0 Å². The maximum atomic E-state index is 11.6. The van der Waals surface area contributed by atoms with Crippen LogP contribution in [0.2, 0.25) is 0 Å². The summed E-state index contributed by atoms with van der Waals surface area (Å²) in [7, 11) is 0. The maximum Gasteiger partial charge on any atom is 0.152 e. The molecule has 0 aromatic carbocycles. The number of nitrogens with zero attached hydrogens (tertiary/aromatic N) is 3. The van der Waals surface area contributed by atoms with Crippen molar-refractivity contribution in [2.45, 2.75) is 39.2 Å². The minimum absolute atomic E-state index is 0.00856. The highest BCUT2D eigenvalue weighted by atomic mass is 16.1. The van der Waals surface area contributed by atoms with Crippen molar-refractivity contribution in [3.63, 3.8) is 0 Å². The highest BCUT2D eigenvalue weighted by Gasteiger charge is 2.26. The van der Waals surface area contributed by atoms with E-state index in [1.165, 1.54) is 0 Å². The number of hydrogen-bond donors (Lipinski definition) is 0. The molecule has 1 fully saturated rings. The Morgan fingerprint density at radius 1 is 1.38 bits per heavy atom. The Morgan fingerprint density at radius 3 is 2.81 bits per heavy atom. The van der Waals surface area contributed by atoms with Crippen molar-refractivity contribution >= 4 is 11.6 Å². The number of rotatable bonds is 2. The van der Waals surface area contributed by atoms with Gasteiger partial charge < -0.3 is 4.90 Å². The molecule has 0 spiro atoms. The summed E-state index contributed by atoms with van der Waals surface area (Å²) in [5.41, 5.74) is 0.903. The zero-order chi connectivity index (χ0) is 11.5. The SMILES string of the molecule is CC(=O)C1CCCCN1c1ccc(C)nn1. The summed E-state index contributed by atoms with van der Waals surface area (Å²) in [5, 5.41) is 8.20. The summed E-state index contributed by atoms with van der Waals surface area (Å²) in [4.78, 5) is 13.6. The molecule has 0 N–H and O–H groups in total. The molecular weight excluding hydrogens is 202 g/mol. The first-order valence-electron chi connectivity index (χ1n) is 5.76. The van der Waals surface area contributed by atoms with E-state index in [0.29, 0.717) is 0 Å². The monoisotopic (exact) mass is 219 g/mol. The van der Waals surface area contributed by atoms with Gasteiger partial charge in [0.05, 0.1) is 11.7 Å². The van der Waals surface area contributed by atoms with Crippen LogP contribution in [-0.4, -0.2) is 28.6 Å². The number of carbonyl (C=O) groups excluding carboxylic acids is 1. The van der Waals surface area contributed by atoms with E-state index >= 15 is 0 Å². The highest BCUT2D eigenvalue weighted by molar-refractivity contribution is 5.84. The van der Waals surface area contributed by atoms with Crippen LogP contribution in [-0.2, 0) is 4.79 Å². The van der Waals surface area contributed by atoms with Gasteiger partial charge in [-0.1, -0.05) is 0 Å². The normalized spacial score (nSPS) is 20.9. The molecule has 1 aromatic rings. The summed E-state index contributed by atoms with van der Waals surface area (Å²) in [6.07, 6.45) is 3.18. The van der Waals surface area contributed by atoms with E-state index in [-0.39, 0.29) is 11.8 Å². The predicted molar refractivity (Wildman–Crippen MR) is 62.4 cm³/mol. The summed E-state index contributed by atoms with van der Waals surface area (Å²) < 4.78 is 0. The minimum atomic E-state index is -0.00856. The van der Waals surface area contributed by atoms with Crippen LogP contribution >= 0.6 is 0 Å². The number of piperidine rings is 1. The average Bonchev–Trinajstić information content (AvgIpc) is 2.30. The lowest BCUT2D eigenvalue weighted by molar-refractivity contribution is -0.118. The molecule has 0 aliphatic carbocycles. The second kappa shape index (κ2) is 4.60. The first kappa shape index (κ1) is 11.0. The van der Waals surface area contributed by atoms with Crippen molar-refractivity contribution in [1.82, 2.24) is 10.2 Å². The molecule has 1 aromatic heterocycles. The third-order valence-electron chi connectivity index (χ3n) is 3.05. The molecule has 16 heavy (non-hydrogen) atoms. The van der Waals surface area contributed by atoms with E-state index in [4.69, 9.17) is 0 Å². The lowest BCUT2D eigenvalue weighted by atomic mass is 9.99. The lowest BCUT2D eigenvalue weighted by Gasteiger charge is -2.34. The zero-order valence-electron chi connectivity index (χ0n) is 9.81. The van der Waals surface area contributed by atoms with E-state index < -0.39 is 0 Å². The van der Waals surface area contributed by atoms with Crippen LogP contribution in [0, 0.1) is 6.92 Å². The largest absolute Gasteiger partial charge is 0.345 e. The van der Waals surface area contributed by atoms with Crippen LogP contribution in [0.1, 0.15) is 31.9 Å². The molecule has 2 heterocycles. The van der Waals surface area contributed by atoms with Gasteiger partial charge in [0, 0.05) is 6.54 Å². The van der Waals surface area contributed by atoms with Crippen molar-refractivity contribution < 1.29 is 4.79 Å². The fourth-order valence-electron chi connectivity index (χ4n) is 2.17. The Balaban J connectivity index is 2.23. The molecule has 2 rings (SSSR count). The van der Waals surface area contributed by atoms with Gasteiger partial charge >= 0.3 is 0 Å². The van der Waals surface area contributed by atoms with Crippen molar-refractivity contribution in [1.29, 1.82) is 0 Å². The molecule has 86 valence electrons. The molecule has 0 bridgehead atoms. The van der Waals surface area contributed by atoms with Crippen molar-refractivity contribution in [2.75, 3.05) is 11.4 Å². The number of ketones is 1. The minimum Gasteiger partial charge on any atom is -0.345 e. The smallest absolute Gasteiger partial charge is 0.152 e. The van der Waals surface area contributed by atoms with E-state index in [0.717, 1.165) is 37.3 Å². The second-order valence-corrected chi connectivity index (χ2v) is 4.35. The van der Waals surface area contributed by atoms with Crippen LogP contribution < -0.4 is 4.90 Å². The quantitative estimate of drug-likeness (QED) is 0.760. The van der Waals surface area contributed by atoms with Crippen LogP contribution in [0.15, 0.2) is 12.1 Å². The Labute approximate surface area is 95.7 Å². The van der Waals surface area contributed by atoms with Crippen LogP contribution in [0.25, 0.3) is 0 Å². The van der Waals surface area contributed by atoms with Gasteiger partial charge in [0.1, 0.15) is 0 Å². The van der Waals surface area contributed by atoms with Gasteiger partial charge in [-0.2, -0.15) is 5.10 Å². The second-order valence-electron chi connectivity index (χ2n) is 4.35. The fourth-order valence-corrected chi connectivity index (χ4v) is 2.17. The molecule has 0 saturated carbocycles. The van der Waals surface area contributed by atoms with Gasteiger partial charge in [0.15, 0.2) is 11.6 Å². The standard InChI is InChI=1S/C12H17N3O/c1-9-6-7-12(14-13-9)15-8-4-3-5-11(15)10(2)16/h6-7,11H,3-5,8H2,1-2H3. The molecule has 4 heteroatoms. The number of aryl methyl sites for hydroxylation is 1. The molecular formula is C12H17N3O. The summed E-state index contributed by atoms with van der Waals surface area (Å²) in [6, 6.07) is 3.88. The van der Waals surface area contributed by atoms with E-state index in [9.17, 15) is 4.79 Å². The number of aromatic nitrogens is 2. The number of hydrogen-bond acceptors (Lipinski definition) is 4. The van der Waals surface area contributed by atoms with Gasteiger partial charge in [-0.3, -0.25) is 4.79 Å². The van der Waals surface area contributed by atoms with Crippen LogP contribution in [0.3, 0.4) is 0 Å². The molecule has 1 atom stereocenters. The van der Waals surface area contributed by atoms with Crippen molar-refractivity contribution in [3.8, 4) is 0 Å². The zero-order valence-corrected chi connectivity index (χ0v) is 9.81. The molecule has 4 nitrogen and oxygen atoms in total. The van der Waals surface area contributed by atoms with Gasteiger partial charge in [-0.25, -0.2) is 0 Å². The average molecular weight is 219 g/mol. The first-order valence-corrected chi connectivity index (χ1v) is 5.76. The Kier molecular flexibility index (Phi) is 3.17. The Bertz CT molecular complexity index is 374. The third kappa shape index (κ3) is 2.21. The van der Waals surface area contributed by atoms with E-state index in [1.54, 1.807) is 6.92 Å². The molecule has 1 aliphatic heterocycles. The van der Waals surface area contributed by atoms with Gasteiger partial charge in [0.2, 0.25) is 0 Å². The Hall–Kier alpha value is -1.45. The van der Waals surface area contributed by atoms with Crippen LogP contribution in [0.5, 0.6) is 0 Å². The summed E-state index contributed by atoms with van der Waals surface area (Å²) in [6.45, 7) is 4.47. The molecule has 0 radical (unpaired) electrons. The molecule has 1 aliphatic rings. The van der Waals surface area contributed by atoms with Gasteiger partial charge in [-0.05, 0) is 45.2 Å². The van der Waals surface area contributed by atoms with E-state index in [1.807, 2.05) is 19.1 Å². The molecule has 1 unspecified atom stereocenters. The van der Waals surface area contributed by atoms with Gasteiger partial charge in [0.25, 0.3) is 0 Å². The third-order valence-corrected chi connectivity index (χ3v) is 3.05. The summed E-state index contributed by atoms with van der Waals surface area (Å²) >= 11 is 0. The maximum absolute atomic E-state index is 11.6. The van der Waals surface area contributed by atoms with Crippen molar-refractivity contribution in [3.05, 3.63) is 17.8 Å². The fraction of sp³-hybridized carbons (Fsp3) is 0.583. The predicted octanol–water partition coefficient (Wildman–Crippen LogP) is 1.73. The number of Topliss-reactive ketones (excluding diaryl/α,β-unsaturated/α-hetero) is 1. The summed E-state index contributed by atoms with van der Waals surface area (Å²) in [5.74, 6) is 1.05. The molecule has 0 amide bonds. The molecule has 1 saturated heterocycles.